The maximum Gasteiger partial charge on any atom is 0.323 e. The van der Waals surface area contributed by atoms with Crippen LogP contribution in [0.3, 0.4) is 0 Å². The number of ether oxygens (including phenoxy) is 1. The van der Waals surface area contributed by atoms with Crippen LogP contribution in [0, 0.1) is 6.92 Å². The molecule has 1 aromatic heterocycles. The first kappa shape index (κ1) is 30.1. The molecule has 1 unspecified atom stereocenters. The lowest BCUT2D eigenvalue weighted by atomic mass is 10.1. The van der Waals surface area contributed by atoms with E-state index >= 15 is 0 Å². The number of hydrogen-bond donors (Lipinski definition) is 5. The van der Waals surface area contributed by atoms with Crippen LogP contribution in [0.2, 0.25) is 0 Å². The molecule has 3 rings (SSSR count). The molecule has 0 aliphatic rings. The minimum atomic E-state index is -3.64. The van der Waals surface area contributed by atoms with Crippen molar-refractivity contribution >= 4 is 45.0 Å². The molecule has 40 heavy (non-hydrogen) atoms. The van der Waals surface area contributed by atoms with Crippen molar-refractivity contribution in [1.29, 1.82) is 0 Å². The quantitative estimate of drug-likeness (QED) is 0.207. The summed E-state index contributed by atoms with van der Waals surface area (Å²) in [6, 6.07) is 14.1. The molecule has 1 atom stereocenters. The molecule has 0 aliphatic heterocycles. The second-order valence-corrected chi connectivity index (χ2v) is 10.8. The number of carboxylic acid groups (broad SMARTS) is 1. The Balaban J connectivity index is 1.56. The fourth-order valence-corrected chi connectivity index (χ4v) is 4.53. The molecule has 0 aliphatic carbocycles. The zero-order valence-corrected chi connectivity index (χ0v) is 23.0. The summed E-state index contributed by atoms with van der Waals surface area (Å²) in [6.45, 7) is 1.85. The van der Waals surface area contributed by atoms with Gasteiger partial charge >= 0.3 is 12.0 Å². The summed E-state index contributed by atoms with van der Waals surface area (Å²) < 4.78 is 30.8. The number of rotatable bonds is 13. The van der Waals surface area contributed by atoms with Crippen LogP contribution in [0.5, 0.6) is 5.75 Å². The predicted octanol–water partition coefficient (Wildman–Crippen LogP) is 3.33. The van der Waals surface area contributed by atoms with Crippen LogP contribution in [0.4, 0.5) is 22.0 Å². The van der Waals surface area contributed by atoms with E-state index < -0.39 is 34.5 Å². The van der Waals surface area contributed by atoms with Crippen molar-refractivity contribution in [2.24, 2.45) is 0 Å². The van der Waals surface area contributed by atoms with E-state index in [1.807, 2.05) is 25.1 Å². The minimum Gasteiger partial charge on any atom is -0.495 e. The number of hydrogen-bond acceptors (Lipinski definition) is 8. The fourth-order valence-electron chi connectivity index (χ4n) is 3.79. The van der Waals surface area contributed by atoms with Gasteiger partial charge in [0.05, 0.1) is 38.1 Å². The molecule has 0 saturated heterocycles. The predicted molar refractivity (Wildman–Crippen MR) is 151 cm³/mol. The van der Waals surface area contributed by atoms with Crippen molar-refractivity contribution in [3.05, 3.63) is 77.5 Å². The normalized spacial score (nSPS) is 11.8. The number of methoxy groups -OCH3 is 1. The first-order valence-electron chi connectivity index (χ1n) is 12.1. The van der Waals surface area contributed by atoms with Crippen LogP contribution in [-0.2, 0) is 26.0 Å². The maximum absolute atomic E-state index is 12.6. The highest BCUT2D eigenvalue weighted by Gasteiger charge is 2.20. The first-order chi connectivity index (χ1) is 18.9. The third-order valence-corrected chi connectivity index (χ3v) is 6.41. The number of urea groups is 1. The van der Waals surface area contributed by atoms with E-state index in [0.29, 0.717) is 34.1 Å². The Hall–Kier alpha value is -4.49. The molecular weight excluding hydrogens is 538 g/mol. The SMILES string of the molecule is COc1cc(CC(=O)CNc2ccc(C(CC(=O)O)NS(C)(=O)=O)cn2)ccc1NC(=O)Nc1ccccc1C. The van der Waals surface area contributed by atoms with Crippen molar-refractivity contribution in [2.45, 2.75) is 25.8 Å². The zero-order valence-electron chi connectivity index (χ0n) is 22.2. The molecule has 0 radical (unpaired) electrons. The summed E-state index contributed by atoms with van der Waals surface area (Å²) in [5, 5.41) is 17.5. The Labute approximate surface area is 232 Å². The zero-order chi connectivity index (χ0) is 29.3. The van der Waals surface area contributed by atoms with Gasteiger partial charge in [0.25, 0.3) is 0 Å². The number of carbonyl (C=O) groups excluding carboxylic acids is 2. The monoisotopic (exact) mass is 569 g/mol. The van der Waals surface area contributed by atoms with Crippen LogP contribution in [-0.4, -0.2) is 56.2 Å². The molecule has 1 heterocycles. The number of carbonyl (C=O) groups is 3. The van der Waals surface area contributed by atoms with Crippen molar-refractivity contribution in [3.63, 3.8) is 0 Å². The van der Waals surface area contributed by atoms with Crippen molar-refractivity contribution in [3.8, 4) is 5.75 Å². The van der Waals surface area contributed by atoms with Gasteiger partial charge < -0.3 is 25.8 Å². The summed E-state index contributed by atoms with van der Waals surface area (Å²) in [4.78, 5) is 40.3. The van der Waals surface area contributed by atoms with Crippen LogP contribution >= 0.6 is 0 Å². The number of aryl methyl sites for hydroxylation is 1. The number of carboxylic acids is 1. The number of ketones is 1. The highest BCUT2D eigenvalue weighted by Crippen LogP contribution is 2.26. The Morgan fingerprint density at radius 3 is 2.38 bits per heavy atom. The van der Waals surface area contributed by atoms with E-state index in [0.717, 1.165) is 11.8 Å². The molecule has 0 spiro atoms. The van der Waals surface area contributed by atoms with Gasteiger partial charge in [0.2, 0.25) is 10.0 Å². The Morgan fingerprint density at radius 1 is 1.02 bits per heavy atom. The Kier molecular flexibility index (Phi) is 10.2. The second-order valence-electron chi connectivity index (χ2n) is 9.01. The molecule has 2 aromatic carbocycles. The van der Waals surface area contributed by atoms with Crippen LogP contribution in [0.1, 0.15) is 29.2 Å². The lowest BCUT2D eigenvalue weighted by Crippen LogP contribution is -2.29. The Bertz CT molecular complexity index is 1480. The summed E-state index contributed by atoms with van der Waals surface area (Å²) in [6.07, 6.45) is 1.94. The van der Waals surface area contributed by atoms with Gasteiger partial charge in [0.15, 0.2) is 5.78 Å². The number of nitrogens with one attached hydrogen (secondary N) is 4. The van der Waals surface area contributed by atoms with Gasteiger partial charge in [-0.1, -0.05) is 30.3 Å². The van der Waals surface area contributed by atoms with Crippen LogP contribution < -0.4 is 25.4 Å². The summed E-state index contributed by atoms with van der Waals surface area (Å²) in [5.74, 6) is -0.551. The largest absolute Gasteiger partial charge is 0.495 e. The molecule has 0 fully saturated rings. The average Bonchev–Trinajstić information content (AvgIpc) is 2.88. The standard InChI is InChI=1S/C27H31N5O7S/c1-17-6-4-5-7-21(17)30-27(36)31-22-10-8-18(13-24(22)39-2)12-20(33)16-29-25-11-9-19(15-28-25)23(14-26(34)35)32-40(3,37)38/h4-11,13,15,23,32H,12,14,16H2,1-3H3,(H,28,29)(H,34,35)(H2,30,31,36). The number of benzene rings is 2. The molecule has 3 aromatic rings. The smallest absolute Gasteiger partial charge is 0.323 e. The highest BCUT2D eigenvalue weighted by atomic mass is 32.2. The van der Waals surface area contributed by atoms with Gasteiger partial charge in [-0.05, 0) is 47.9 Å². The van der Waals surface area contributed by atoms with Crippen molar-refractivity contribution in [1.82, 2.24) is 9.71 Å². The third kappa shape index (κ3) is 9.36. The molecule has 0 saturated carbocycles. The van der Waals surface area contributed by atoms with E-state index in [-0.39, 0.29) is 18.7 Å². The maximum atomic E-state index is 12.6. The minimum absolute atomic E-state index is 0.0341. The van der Waals surface area contributed by atoms with E-state index in [2.05, 4.69) is 25.7 Å². The van der Waals surface area contributed by atoms with E-state index in [4.69, 9.17) is 9.84 Å². The molecule has 12 nitrogen and oxygen atoms in total. The number of para-hydroxylation sites is 1. The average molecular weight is 570 g/mol. The van der Waals surface area contributed by atoms with E-state index in [1.54, 1.807) is 24.3 Å². The topological polar surface area (TPSA) is 176 Å². The molecular formula is C27H31N5O7S. The molecule has 2 amide bonds. The lowest BCUT2D eigenvalue weighted by Gasteiger charge is -2.16. The van der Waals surface area contributed by atoms with Gasteiger partial charge in [-0.25, -0.2) is 22.9 Å². The number of nitrogens with zero attached hydrogens (tertiary/aromatic N) is 1. The highest BCUT2D eigenvalue weighted by molar-refractivity contribution is 7.88. The number of amides is 2. The number of sulfonamides is 1. The van der Waals surface area contributed by atoms with Gasteiger partial charge in [-0.15, -0.1) is 0 Å². The number of aromatic nitrogens is 1. The van der Waals surface area contributed by atoms with Crippen molar-refractivity contribution < 1.29 is 32.6 Å². The summed E-state index contributed by atoms with van der Waals surface area (Å²) >= 11 is 0. The number of aliphatic carboxylic acids is 1. The van der Waals surface area contributed by atoms with Gasteiger partial charge in [-0.2, -0.15) is 0 Å². The lowest BCUT2D eigenvalue weighted by molar-refractivity contribution is -0.137. The Morgan fingerprint density at radius 2 is 1.75 bits per heavy atom. The van der Waals surface area contributed by atoms with Gasteiger partial charge in [0.1, 0.15) is 11.6 Å². The molecule has 13 heteroatoms. The van der Waals surface area contributed by atoms with Crippen LogP contribution in [0.15, 0.2) is 60.8 Å². The number of Topliss-reactive ketones (excluding diaryl/α,β-unsaturated/α-hetero) is 1. The fraction of sp³-hybridized carbons (Fsp3) is 0.259. The van der Waals surface area contributed by atoms with Crippen molar-refractivity contribution in [2.75, 3.05) is 35.9 Å². The second kappa shape index (κ2) is 13.5. The van der Waals surface area contributed by atoms with E-state index in [1.165, 1.54) is 25.4 Å². The number of pyridine rings is 1. The summed E-state index contributed by atoms with van der Waals surface area (Å²) in [5.41, 5.74) is 3.10. The van der Waals surface area contributed by atoms with Crippen LogP contribution in [0.25, 0.3) is 0 Å². The molecule has 212 valence electrons. The summed E-state index contributed by atoms with van der Waals surface area (Å²) in [7, 11) is -2.17. The van der Waals surface area contributed by atoms with Gasteiger partial charge in [-0.3, -0.25) is 9.59 Å². The third-order valence-electron chi connectivity index (χ3n) is 5.70. The molecule has 5 N–H and O–H groups in total. The van der Waals surface area contributed by atoms with Gasteiger partial charge in [0, 0.05) is 18.3 Å². The first-order valence-corrected chi connectivity index (χ1v) is 14.0. The molecule has 0 bridgehead atoms. The number of anilines is 3. The van der Waals surface area contributed by atoms with E-state index in [9.17, 15) is 22.8 Å².